The van der Waals surface area contributed by atoms with E-state index in [9.17, 15) is 22.8 Å². The van der Waals surface area contributed by atoms with Gasteiger partial charge in [0.2, 0.25) is 5.91 Å². The van der Waals surface area contributed by atoms with E-state index in [0.717, 1.165) is 12.1 Å². The van der Waals surface area contributed by atoms with Gasteiger partial charge in [0, 0.05) is 30.5 Å². The van der Waals surface area contributed by atoms with E-state index >= 15 is 0 Å². The molecule has 1 fully saturated rings. The topological polar surface area (TPSA) is 67.2 Å². The van der Waals surface area contributed by atoms with Crippen molar-refractivity contribution in [1.82, 2.24) is 14.7 Å². The first-order chi connectivity index (χ1) is 13.3. The molecule has 148 valence electrons. The minimum atomic E-state index is -4.49. The second-order valence-corrected chi connectivity index (χ2v) is 6.50. The van der Waals surface area contributed by atoms with Crippen LogP contribution in [0.25, 0.3) is 0 Å². The molecule has 1 aliphatic heterocycles. The lowest BCUT2D eigenvalue weighted by Crippen LogP contribution is -2.41. The number of anilines is 1. The van der Waals surface area contributed by atoms with Crippen molar-refractivity contribution in [3.63, 3.8) is 0 Å². The van der Waals surface area contributed by atoms with Gasteiger partial charge in [-0.2, -0.15) is 18.3 Å². The number of alkyl halides is 3. The third-order valence-corrected chi connectivity index (χ3v) is 4.52. The Morgan fingerprint density at radius 2 is 2.07 bits per heavy atom. The average molecular weight is 392 g/mol. The molecule has 1 unspecified atom stereocenters. The lowest BCUT2D eigenvalue weighted by molar-refractivity contribution is -0.141. The van der Waals surface area contributed by atoms with Crippen molar-refractivity contribution in [2.45, 2.75) is 25.1 Å². The minimum absolute atomic E-state index is 0.248. The maximum absolute atomic E-state index is 12.8. The van der Waals surface area contributed by atoms with Crippen LogP contribution >= 0.6 is 0 Å². The third-order valence-electron chi connectivity index (χ3n) is 4.52. The number of amides is 2. The summed E-state index contributed by atoms with van der Waals surface area (Å²) in [6.07, 6.45) is -0.773. The highest BCUT2D eigenvalue weighted by Crippen LogP contribution is 2.29. The zero-order chi connectivity index (χ0) is 20.3. The van der Waals surface area contributed by atoms with E-state index in [2.05, 4.69) is 17.0 Å². The van der Waals surface area contributed by atoms with Crippen molar-refractivity contribution < 1.29 is 22.8 Å². The molecule has 2 amide bonds. The van der Waals surface area contributed by atoms with Gasteiger partial charge in [-0.15, -0.1) is 0 Å². The van der Waals surface area contributed by atoms with E-state index in [1.807, 2.05) is 0 Å². The Labute approximate surface area is 159 Å². The summed E-state index contributed by atoms with van der Waals surface area (Å²) in [4.78, 5) is 25.8. The predicted molar refractivity (Wildman–Crippen MR) is 96.7 cm³/mol. The fourth-order valence-electron chi connectivity index (χ4n) is 3.15. The lowest BCUT2D eigenvalue weighted by atomic mass is 10.0. The van der Waals surface area contributed by atoms with Gasteiger partial charge < -0.3 is 10.2 Å². The van der Waals surface area contributed by atoms with Crippen LogP contribution in [0.2, 0.25) is 0 Å². The molecular weight excluding hydrogens is 373 g/mol. The highest BCUT2D eigenvalue weighted by atomic mass is 19.4. The summed E-state index contributed by atoms with van der Waals surface area (Å²) in [5, 5.41) is 6.22. The number of benzene rings is 1. The Morgan fingerprint density at radius 3 is 2.75 bits per heavy atom. The SMILES string of the molecule is C=CC(=O)Nc1cccc(C(=O)N2CCCC(n3ccc(C(F)(F)F)n3)C2)c1. The molecule has 0 bridgehead atoms. The first-order valence-electron chi connectivity index (χ1n) is 8.73. The molecule has 1 atom stereocenters. The van der Waals surface area contributed by atoms with Crippen molar-refractivity contribution in [3.8, 4) is 0 Å². The van der Waals surface area contributed by atoms with E-state index in [1.54, 1.807) is 29.2 Å². The molecule has 0 saturated carbocycles. The largest absolute Gasteiger partial charge is 0.435 e. The first-order valence-corrected chi connectivity index (χ1v) is 8.73. The quantitative estimate of drug-likeness (QED) is 0.810. The highest BCUT2D eigenvalue weighted by Gasteiger charge is 2.35. The number of nitrogens with one attached hydrogen (secondary N) is 1. The number of rotatable bonds is 4. The van der Waals surface area contributed by atoms with Gasteiger partial charge in [-0.25, -0.2) is 0 Å². The van der Waals surface area contributed by atoms with Gasteiger partial charge in [-0.3, -0.25) is 14.3 Å². The van der Waals surface area contributed by atoms with E-state index in [4.69, 9.17) is 0 Å². The fraction of sp³-hybridized carbons (Fsp3) is 0.316. The highest BCUT2D eigenvalue weighted by molar-refractivity contribution is 6.00. The van der Waals surface area contributed by atoms with Crippen LogP contribution in [0.5, 0.6) is 0 Å². The van der Waals surface area contributed by atoms with Crippen molar-refractivity contribution >= 4 is 17.5 Å². The summed E-state index contributed by atoms with van der Waals surface area (Å²) < 4.78 is 39.6. The Bertz CT molecular complexity index is 891. The van der Waals surface area contributed by atoms with Crippen LogP contribution in [0.15, 0.2) is 49.2 Å². The zero-order valence-electron chi connectivity index (χ0n) is 14.9. The molecule has 9 heteroatoms. The monoisotopic (exact) mass is 392 g/mol. The van der Waals surface area contributed by atoms with Crippen LogP contribution in [-0.4, -0.2) is 39.6 Å². The number of halogens is 3. The van der Waals surface area contributed by atoms with Crippen LogP contribution in [0, 0.1) is 0 Å². The second kappa shape index (κ2) is 7.87. The van der Waals surface area contributed by atoms with E-state index in [1.165, 1.54) is 10.9 Å². The fourth-order valence-corrected chi connectivity index (χ4v) is 3.15. The van der Waals surface area contributed by atoms with Crippen LogP contribution < -0.4 is 5.32 Å². The maximum Gasteiger partial charge on any atom is 0.435 e. The number of hydrogen-bond acceptors (Lipinski definition) is 3. The van der Waals surface area contributed by atoms with Crippen molar-refractivity contribution in [3.05, 3.63) is 60.4 Å². The Kier molecular flexibility index (Phi) is 5.53. The van der Waals surface area contributed by atoms with Crippen LogP contribution in [-0.2, 0) is 11.0 Å². The van der Waals surface area contributed by atoms with Gasteiger partial charge in [0.25, 0.3) is 5.91 Å². The molecule has 2 heterocycles. The van der Waals surface area contributed by atoms with Gasteiger partial charge in [0.1, 0.15) is 0 Å². The van der Waals surface area contributed by atoms with Gasteiger partial charge >= 0.3 is 6.18 Å². The molecule has 1 aromatic carbocycles. The standard InChI is InChI=1S/C19H19F3N4O2/c1-2-17(27)23-14-6-3-5-13(11-14)18(28)25-9-4-7-15(12-25)26-10-8-16(24-26)19(20,21)22/h2-3,5-6,8,10-11,15H,1,4,7,9,12H2,(H,23,27). The number of piperidine rings is 1. The van der Waals surface area contributed by atoms with E-state index in [-0.39, 0.29) is 24.4 Å². The lowest BCUT2D eigenvalue weighted by Gasteiger charge is -2.33. The Hall–Kier alpha value is -3.10. The summed E-state index contributed by atoms with van der Waals surface area (Å²) in [7, 11) is 0. The van der Waals surface area contributed by atoms with Crippen molar-refractivity contribution in [2.75, 3.05) is 18.4 Å². The first kappa shape index (κ1) is 19.7. The second-order valence-electron chi connectivity index (χ2n) is 6.50. The number of likely N-dealkylation sites (tertiary alicyclic amines) is 1. The number of nitrogens with zero attached hydrogens (tertiary/aromatic N) is 3. The maximum atomic E-state index is 12.8. The molecule has 2 aromatic rings. The zero-order valence-corrected chi connectivity index (χ0v) is 14.9. The molecule has 28 heavy (non-hydrogen) atoms. The van der Waals surface area contributed by atoms with Crippen molar-refractivity contribution in [1.29, 1.82) is 0 Å². The van der Waals surface area contributed by atoms with Gasteiger partial charge in [0.15, 0.2) is 5.69 Å². The molecule has 0 aliphatic carbocycles. The van der Waals surface area contributed by atoms with Crippen LogP contribution in [0.1, 0.15) is 34.9 Å². The van der Waals surface area contributed by atoms with Gasteiger partial charge in [-0.1, -0.05) is 12.6 Å². The van der Waals surface area contributed by atoms with Gasteiger partial charge in [0.05, 0.1) is 6.04 Å². The average Bonchev–Trinajstić information content (AvgIpc) is 3.18. The summed E-state index contributed by atoms with van der Waals surface area (Å²) >= 11 is 0. The minimum Gasteiger partial charge on any atom is -0.337 e. The van der Waals surface area contributed by atoms with Crippen LogP contribution in [0.3, 0.4) is 0 Å². The third kappa shape index (κ3) is 4.41. The molecule has 1 aromatic heterocycles. The number of aromatic nitrogens is 2. The molecule has 1 saturated heterocycles. The summed E-state index contributed by atoms with van der Waals surface area (Å²) in [5.74, 6) is -0.635. The summed E-state index contributed by atoms with van der Waals surface area (Å²) in [6.45, 7) is 4.15. The normalized spacial score (nSPS) is 17.2. The molecule has 6 nitrogen and oxygen atoms in total. The molecular formula is C19H19F3N4O2. The molecule has 1 aliphatic rings. The van der Waals surface area contributed by atoms with Crippen molar-refractivity contribution in [2.24, 2.45) is 0 Å². The van der Waals surface area contributed by atoms with Crippen LogP contribution in [0.4, 0.5) is 18.9 Å². The Balaban J connectivity index is 1.72. The number of carbonyl (C=O) groups is 2. The number of carbonyl (C=O) groups excluding carboxylic acids is 2. The smallest absolute Gasteiger partial charge is 0.337 e. The summed E-state index contributed by atoms with van der Waals surface area (Å²) in [6, 6.07) is 7.11. The molecule has 1 N–H and O–H groups in total. The molecule has 0 spiro atoms. The number of hydrogen-bond donors (Lipinski definition) is 1. The molecule has 0 radical (unpaired) electrons. The molecule has 3 rings (SSSR count). The Morgan fingerprint density at radius 1 is 1.29 bits per heavy atom. The van der Waals surface area contributed by atoms with Gasteiger partial charge in [-0.05, 0) is 43.2 Å². The summed E-state index contributed by atoms with van der Waals surface area (Å²) in [5.41, 5.74) is -0.0909. The predicted octanol–water partition coefficient (Wildman–Crippen LogP) is 3.50. The van der Waals surface area contributed by atoms with E-state index < -0.39 is 11.9 Å². The van der Waals surface area contributed by atoms with E-state index in [0.29, 0.717) is 30.6 Å².